The molecule has 0 spiro atoms. The van der Waals surface area contributed by atoms with Crippen molar-refractivity contribution in [3.8, 4) is 0 Å². The number of hydrogen-bond donors (Lipinski definition) is 0. The molecule has 1 heterocycles. The van der Waals surface area contributed by atoms with Crippen LogP contribution in [0.3, 0.4) is 0 Å². The van der Waals surface area contributed by atoms with Crippen molar-refractivity contribution >= 4 is 23.3 Å². The van der Waals surface area contributed by atoms with Crippen LogP contribution in [0.5, 0.6) is 0 Å². The van der Waals surface area contributed by atoms with Crippen molar-refractivity contribution in [2.45, 2.75) is 6.43 Å². The van der Waals surface area contributed by atoms with Gasteiger partial charge in [0.2, 0.25) is 0 Å². The van der Waals surface area contributed by atoms with Gasteiger partial charge in [-0.3, -0.25) is 10.1 Å². The molecule has 0 saturated heterocycles. The van der Waals surface area contributed by atoms with Crippen LogP contribution < -0.4 is 0 Å². The normalized spacial score (nSPS) is 10.4. The number of alkyl halides is 2. The van der Waals surface area contributed by atoms with E-state index >= 15 is 0 Å². The summed E-state index contributed by atoms with van der Waals surface area (Å²) in [4.78, 5) is 23.7. The van der Waals surface area contributed by atoms with Gasteiger partial charge in [-0.15, -0.1) is 0 Å². The minimum atomic E-state index is -3.22. The second kappa shape index (κ2) is 5.00. The molecular weight excluding hydrogens is 262 g/mol. The Kier molecular flexibility index (Phi) is 3.89. The highest BCUT2D eigenvalue weighted by Crippen LogP contribution is 2.33. The van der Waals surface area contributed by atoms with Crippen LogP contribution in [0.15, 0.2) is 6.07 Å². The molecular formula is C8H5ClF2N2O4. The van der Waals surface area contributed by atoms with Crippen molar-refractivity contribution in [1.82, 2.24) is 4.98 Å². The molecule has 0 bridgehead atoms. The van der Waals surface area contributed by atoms with Crippen LogP contribution in [0.1, 0.15) is 22.6 Å². The molecule has 0 atom stereocenters. The van der Waals surface area contributed by atoms with Crippen LogP contribution in [0.25, 0.3) is 0 Å². The zero-order valence-corrected chi connectivity index (χ0v) is 9.07. The van der Waals surface area contributed by atoms with Gasteiger partial charge in [0.1, 0.15) is 5.02 Å². The predicted molar refractivity (Wildman–Crippen MR) is 52.2 cm³/mol. The third-order valence-electron chi connectivity index (χ3n) is 1.76. The summed E-state index contributed by atoms with van der Waals surface area (Å²) in [7, 11) is 1.02. The van der Waals surface area contributed by atoms with Gasteiger partial charge < -0.3 is 4.74 Å². The summed E-state index contributed by atoms with van der Waals surface area (Å²) in [6.45, 7) is 0. The first kappa shape index (κ1) is 13.2. The maximum absolute atomic E-state index is 12.5. The Morgan fingerprint density at radius 3 is 2.65 bits per heavy atom. The van der Waals surface area contributed by atoms with E-state index in [9.17, 15) is 23.7 Å². The molecule has 0 aliphatic carbocycles. The van der Waals surface area contributed by atoms with Crippen LogP contribution in [0, 0.1) is 10.1 Å². The standard InChI is InChI=1S/C8H5ClF2N2O4/c1-17-8(14)4-2-3(9)6(13(15)16)5(12-4)7(10)11/h2,7H,1H3. The first-order chi connectivity index (χ1) is 7.88. The Labute approximate surface area is 98.3 Å². The second-order valence-corrected chi connectivity index (χ2v) is 3.18. The highest BCUT2D eigenvalue weighted by atomic mass is 35.5. The van der Waals surface area contributed by atoms with E-state index in [4.69, 9.17) is 11.6 Å². The SMILES string of the molecule is COC(=O)c1cc(Cl)c([N+](=O)[O-])c(C(F)F)n1. The molecule has 0 aliphatic rings. The van der Waals surface area contributed by atoms with Gasteiger partial charge in [-0.2, -0.15) is 0 Å². The minimum Gasteiger partial charge on any atom is -0.464 e. The summed E-state index contributed by atoms with van der Waals surface area (Å²) in [6.07, 6.45) is -3.22. The van der Waals surface area contributed by atoms with Crippen molar-refractivity contribution in [3.63, 3.8) is 0 Å². The van der Waals surface area contributed by atoms with Crippen LogP contribution in [-0.2, 0) is 4.74 Å². The van der Waals surface area contributed by atoms with E-state index < -0.39 is 39.4 Å². The molecule has 1 aromatic rings. The molecule has 0 radical (unpaired) electrons. The van der Waals surface area contributed by atoms with Crippen molar-refractivity contribution < 1.29 is 23.2 Å². The molecule has 9 heteroatoms. The number of halogens is 3. The molecule has 0 saturated carbocycles. The predicted octanol–water partition coefficient (Wildman–Crippen LogP) is 2.37. The Morgan fingerprint density at radius 2 is 2.24 bits per heavy atom. The fraction of sp³-hybridized carbons (Fsp3) is 0.250. The Balaban J connectivity index is 3.46. The summed E-state index contributed by atoms with van der Waals surface area (Å²) in [6, 6.07) is 0.803. The quantitative estimate of drug-likeness (QED) is 0.476. The lowest BCUT2D eigenvalue weighted by Gasteiger charge is -2.05. The van der Waals surface area contributed by atoms with Crippen LogP contribution >= 0.6 is 11.6 Å². The first-order valence-corrected chi connectivity index (χ1v) is 4.47. The molecule has 0 N–H and O–H groups in total. The molecule has 0 unspecified atom stereocenters. The highest BCUT2D eigenvalue weighted by molar-refractivity contribution is 6.33. The summed E-state index contributed by atoms with van der Waals surface area (Å²) >= 11 is 5.45. The van der Waals surface area contributed by atoms with Gasteiger partial charge in [0, 0.05) is 0 Å². The van der Waals surface area contributed by atoms with E-state index in [1.165, 1.54) is 0 Å². The number of aromatic nitrogens is 1. The molecule has 0 aliphatic heterocycles. The fourth-order valence-corrected chi connectivity index (χ4v) is 1.34. The van der Waals surface area contributed by atoms with Gasteiger partial charge in [0.15, 0.2) is 11.4 Å². The smallest absolute Gasteiger partial charge is 0.356 e. The fourth-order valence-electron chi connectivity index (χ4n) is 1.07. The average molecular weight is 267 g/mol. The largest absolute Gasteiger partial charge is 0.464 e. The lowest BCUT2D eigenvalue weighted by atomic mass is 10.2. The van der Waals surface area contributed by atoms with Crippen LogP contribution in [0.4, 0.5) is 14.5 Å². The third-order valence-corrected chi connectivity index (χ3v) is 2.05. The van der Waals surface area contributed by atoms with E-state index in [1.807, 2.05) is 0 Å². The van der Waals surface area contributed by atoms with Gasteiger partial charge in [-0.25, -0.2) is 18.6 Å². The molecule has 1 aromatic heterocycles. The number of ether oxygens (including phenoxy) is 1. The average Bonchev–Trinajstić information content (AvgIpc) is 2.26. The lowest BCUT2D eigenvalue weighted by Crippen LogP contribution is -2.09. The summed E-state index contributed by atoms with van der Waals surface area (Å²) < 4.78 is 29.3. The van der Waals surface area contributed by atoms with Crippen molar-refractivity contribution in [1.29, 1.82) is 0 Å². The molecule has 17 heavy (non-hydrogen) atoms. The van der Waals surface area contributed by atoms with E-state index in [1.54, 1.807) is 0 Å². The lowest BCUT2D eigenvalue weighted by molar-refractivity contribution is -0.386. The summed E-state index contributed by atoms with van der Waals surface area (Å²) in [5, 5.41) is 9.93. The number of nitrogens with zero attached hydrogens (tertiary/aromatic N) is 2. The minimum absolute atomic E-state index is 0.515. The zero-order valence-electron chi connectivity index (χ0n) is 8.32. The summed E-state index contributed by atoms with van der Waals surface area (Å²) in [5.74, 6) is -1.01. The Bertz CT molecular complexity index is 481. The van der Waals surface area contributed by atoms with E-state index in [0.29, 0.717) is 0 Å². The number of esters is 1. The number of carbonyl (C=O) groups excluding carboxylic acids is 1. The van der Waals surface area contributed by atoms with Gasteiger partial charge >= 0.3 is 11.7 Å². The molecule has 1 rings (SSSR count). The second-order valence-electron chi connectivity index (χ2n) is 2.77. The van der Waals surface area contributed by atoms with Crippen LogP contribution in [-0.4, -0.2) is 23.0 Å². The number of carbonyl (C=O) groups is 1. The topological polar surface area (TPSA) is 82.3 Å². The van der Waals surface area contributed by atoms with Gasteiger partial charge in [0.25, 0.3) is 6.43 Å². The monoisotopic (exact) mass is 266 g/mol. The highest BCUT2D eigenvalue weighted by Gasteiger charge is 2.29. The van der Waals surface area contributed by atoms with Gasteiger partial charge in [0.05, 0.1) is 12.0 Å². The number of hydrogen-bond acceptors (Lipinski definition) is 5. The summed E-state index contributed by atoms with van der Waals surface area (Å²) in [5.41, 5.74) is -2.70. The number of rotatable bonds is 3. The van der Waals surface area contributed by atoms with Crippen molar-refractivity contribution in [3.05, 3.63) is 32.6 Å². The maximum Gasteiger partial charge on any atom is 0.356 e. The molecule has 0 fully saturated rings. The zero-order chi connectivity index (χ0) is 13.2. The Hall–Kier alpha value is -1.83. The van der Waals surface area contributed by atoms with E-state index in [0.717, 1.165) is 13.2 Å². The number of pyridine rings is 1. The number of nitro groups is 1. The Morgan fingerprint density at radius 1 is 1.65 bits per heavy atom. The molecule has 92 valence electrons. The first-order valence-electron chi connectivity index (χ1n) is 4.09. The third kappa shape index (κ3) is 2.64. The van der Waals surface area contributed by atoms with Crippen LogP contribution in [0.2, 0.25) is 5.02 Å². The van der Waals surface area contributed by atoms with Gasteiger partial charge in [-0.1, -0.05) is 11.6 Å². The van der Waals surface area contributed by atoms with Crippen molar-refractivity contribution in [2.75, 3.05) is 7.11 Å². The van der Waals surface area contributed by atoms with Crippen molar-refractivity contribution in [2.24, 2.45) is 0 Å². The van der Waals surface area contributed by atoms with E-state index in [-0.39, 0.29) is 0 Å². The molecule has 0 amide bonds. The molecule has 6 nitrogen and oxygen atoms in total. The maximum atomic E-state index is 12.5. The van der Waals surface area contributed by atoms with E-state index in [2.05, 4.69) is 9.72 Å². The number of methoxy groups -OCH3 is 1. The van der Waals surface area contributed by atoms with Gasteiger partial charge in [-0.05, 0) is 6.07 Å². The molecule has 0 aromatic carbocycles.